The smallest absolute Gasteiger partial charge is 0.253 e. The molecule has 3 heteroatoms. The Labute approximate surface area is 144 Å². The van der Waals surface area contributed by atoms with Gasteiger partial charge >= 0.3 is 0 Å². The van der Waals surface area contributed by atoms with E-state index in [9.17, 15) is 4.79 Å². The van der Waals surface area contributed by atoms with Gasteiger partial charge in [-0.1, -0.05) is 60.7 Å². The van der Waals surface area contributed by atoms with Crippen molar-refractivity contribution in [1.29, 1.82) is 0 Å². The van der Waals surface area contributed by atoms with Crippen LogP contribution in [0.3, 0.4) is 0 Å². The molecule has 0 atom stereocenters. The molecule has 0 radical (unpaired) electrons. The van der Waals surface area contributed by atoms with E-state index in [-0.39, 0.29) is 5.91 Å². The number of carbonyl (C=O) groups is 1. The minimum Gasteiger partial charge on any atom is -0.337 e. The van der Waals surface area contributed by atoms with Crippen LogP contribution in [0.25, 0.3) is 6.08 Å². The zero-order valence-corrected chi connectivity index (χ0v) is 14.0. The molecule has 1 aliphatic rings. The van der Waals surface area contributed by atoms with Gasteiger partial charge in [-0.05, 0) is 24.1 Å². The molecule has 1 saturated heterocycles. The van der Waals surface area contributed by atoms with Crippen molar-refractivity contribution in [3.8, 4) is 0 Å². The van der Waals surface area contributed by atoms with Crippen LogP contribution >= 0.6 is 0 Å². The van der Waals surface area contributed by atoms with Crippen LogP contribution in [0.5, 0.6) is 0 Å². The largest absolute Gasteiger partial charge is 0.337 e. The molecular weight excluding hydrogens is 296 g/mol. The Hall–Kier alpha value is -2.39. The number of amides is 1. The average molecular weight is 320 g/mol. The van der Waals surface area contributed by atoms with Gasteiger partial charge in [0.25, 0.3) is 5.91 Å². The monoisotopic (exact) mass is 320 g/mol. The lowest BCUT2D eigenvalue weighted by Crippen LogP contribution is -2.35. The third kappa shape index (κ3) is 4.56. The standard InChI is InChI=1S/C21H24N2O/c24-21(20-12-5-2-6-13-20)23-16-8-15-22(17-18-23)14-7-11-19-9-3-1-4-10-19/h1-7,9-13H,8,14-18H2/b11-7+. The van der Waals surface area contributed by atoms with Crippen molar-refractivity contribution in [2.45, 2.75) is 6.42 Å². The van der Waals surface area contributed by atoms with Crippen LogP contribution in [0, 0.1) is 0 Å². The second-order valence-corrected chi connectivity index (χ2v) is 6.13. The zero-order chi connectivity index (χ0) is 16.6. The third-order valence-electron chi connectivity index (χ3n) is 4.37. The van der Waals surface area contributed by atoms with E-state index in [1.807, 2.05) is 41.3 Å². The number of benzene rings is 2. The van der Waals surface area contributed by atoms with Crippen molar-refractivity contribution in [3.05, 3.63) is 77.9 Å². The van der Waals surface area contributed by atoms with Crippen molar-refractivity contribution < 1.29 is 4.79 Å². The molecule has 0 bridgehead atoms. The highest BCUT2D eigenvalue weighted by Crippen LogP contribution is 2.09. The number of carbonyl (C=O) groups excluding carboxylic acids is 1. The lowest BCUT2D eigenvalue weighted by Gasteiger charge is -2.21. The molecule has 0 saturated carbocycles. The molecule has 3 rings (SSSR count). The normalized spacial score (nSPS) is 16.2. The van der Waals surface area contributed by atoms with Gasteiger partial charge in [-0.2, -0.15) is 0 Å². The van der Waals surface area contributed by atoms with Gasteiger partial charge in [0.1, 0.15) is 0 Å². The van der Waals surface area contributed by atoms with Crippen molar-refractivity contribution in [1.82, 2.24) is 9.80 Å². The molecule has 1 fully saturated rings. The Morgan fingerprint density at radius 3 is 2.33 bits per heavy atom. The third-order valence-corrected chi connectivity index (χ3v) is 4.37. The highest BCUT2D eigenvalue weighted by atomic mass is 16.2. The maximum Gasteiger partial charge on any atom is 0.253 e. The fourth-order valence-electron chi connectivity index (χ4n) is 3.02. The summed E-state index contributed by atoms with van der Waals surface area (Å²) < 4.78 is 0. The number of rotatable bonds is 4. The molecule has 1 aliphatic heterocycles. The molecule has 1 heterocycles. The quantitative estimate of drug-likeness (QED) is 0.860. The lowest BCUT2D eigenvalue weighted by molar-refractivity contribution is 0.0762. The van der Waals surface area contributed by atoms with Crippen molar-refractivity contribution in [2.75, 3.05) is 32.7 Å². The van der Waals surface area contributed by atoms with Crippen molar-refractivity contribution >= 4 is 12.0 Å². The Balaban J connectivity index is 1.52. The molecule has 0 N–H and O–H groups in total. The van der Waals surface area contributed by atoms with E-state index in [2.05, 4.69) is 41.3 Å². The highest BCUT2D eigenvalue weighted by molar-refractivity contribution is 5.94. The first kappa shape index (κ1) is 16.5. The van der Waals surface area contributed by atoms with E-state index in [0.717, 1.165) is 44.7 Å². The second-order valence-electron chi connectivity index (χ2n) is 6.13. The van der Waals surface area contributed by atoms with Gasteiger partial charge < -0.3 is 4.90 Å². The zero-order valence-electron chi connectivity index (χ0n) is 14.0. The summed E-state index contributed by atoms with van der Waals surface area (Å²) in [6, 6.07) is 19.9. The maximum atomic E-state index is 12.6. The highest BCUT2D eigenvalue weighted by Gasteiger charge is 2.19. The molecule has 0 spiro atoms. The summed E-state index contributed by atoms with van der Waals surface area (Å²) in [5.74, 6) is 0.150. The van der Waals surface area contributed by atoms with Gasteiger partial charge in [0, 0.05) is 38.3 Å². The first-order valence-electron chi connectivity index (χ1n) is 8.61. The molecule has 2 aromatic rings. The summed E-state index contributed by atoms with van der Waals surface area (Å²) in [6.07, 6.45) is 5.40. The summed E-state index contributed by atoms with van der Waals surface area (Å²) in [5, 5.41) is 0. The summed E-state index contributed by atoms with van der Waals surface area (Å²) in [5.41, 5.74) is 2.02. The fourth-order valence-corrected chi connectivity index (χ4v) is 3.02. The predicted octanol–water partition coefficient (Wildman–Crippen LogP) is 3.55. The summed E-state index contributed by atoms with van der Waals surface area (Å²) in [6.45, 7) is 4.54. The molecule has 0 aromatic heterocycles. The van der Waals surface area contributed by atoms with E-state index in [0.29, 0.717) is 0 Å². The SMILES string of the molecule is O=C(c1ccccc1)N1CCCN(C/C=C/c2ccccc2)CC1. The topological polar surface area (TPSA) is 23.6 Å². The van der Waals surface area contributed by atoms with Gasteiger partial charge in [-0.15, -0.1) is 0 Å². The van der Waals surface area contributed by atoms with Crippen LogP contribution in [0.2, 0.25) is 0 Å². The average Bonchev–Trinajstić information content (AvgIpc) is 2.88. The van der Waals surface area contributed by atoms with Crippen LogP contribution in [-0.2, 0) is 0 Å². The van der Waals surface area contributed by atoms with Gasteiger partial charge in [0.15, 0.2) is 0 Å². The van der Waals surface area contributed by atoms with Crippen LogP contribution in [0.1, 0.15) is 22.3 Å². The maximum absolute atomic E-state index is 12.6. The van der Waals surface area contributed by atoms with Gasteiger partial charge in [0.05, 0.1) is 0 Å². The Morgan fingerprint density at radius 2 is 1.58 bits per heavy atom. The minimum atomic E-state index is 0.150. The predicted molar refractivity (Wildman–Crippen MR) is 98.9 cm³/mol. The molecule has 124 valence electrons. The lowest BCUT2D eigenvalue weighted by atomic mass is 10.2. The van der Waals surface area contributed by atoms with Crippen LogP contribution in [-0.4, -0.2) is 48.4 Å². The molecule has 0 aliphatic carbocycles. The number of nitrogens with zero attached hydrogens (tertiary/aromatic N) is 2. The van der Waals surface area contributed by atoms with Crippen molar-refractivity contribution in [2.24, 2.45) is 0 Å². The minimum absolute atomic E-state index is 0.150. The van der Waals surface area contributed by atoms with E-state index in [1.54, 1.807) is 0 Å². The molecule has 3 nitrogen and oxygen atoms in total. The van der Waals surface area contributed by atoms with E-state index in [4.69, 9.17) is 0 Å². The van der Waals surface area contributed by atoms with Crippen LogP contribution < -0.4 is 0 Å². The van der Waals surface area contributed by atoms with Crippen LogP contribution in [0.15, 0.2) is 66.7 Å². The molecular formula is C21H24N2O. The fraction of sp³-hybridized carbons (Fsp3) is 0.286. The molecule has 0 unspecified atom stereocenters. The van der Waals surface area contributed by atoms with Gasteiger partial charge in [-0.25, -0.2) is 0 Å². The first-order chi connectivity index (χ1) is 11.8. The molecule has 2 aromatic carbocycles. The molecule has 1 amide bonds. The van der Waals surface area contributed by atoms with Crippen molar-refractivity contribution in [3.63, 3.8) is 0 Å². The first-order valence-corrected chi connectivity index (χ1v) is 8.61. The Kier molecular flexibility index (Phi) is 5.80. The summed E-state index contributed by atoms with van der Waals surface area (Å²) >= 11 is 0. The Morgan fingerprint density at radius 1 is 0.875 bits per heavy atom. The van der Waals surface area contributed by atoms with Crippen LogP contribution in [0.4, 0.5) is 0 Å². The Bertz CT molecular complexity index is 667. The number of hydrogen-bond donors (Lipinski definition) is 0. The summed E-state index contributed by atoms with van der Waals surface area (Å²) in [4.78, 5) is 16.9. The van der Waals surface area contributed by atoms with E-state index in [1.165, 1.54) is 5.56 Å². The van der Waals surface area contributed by atoms with E-state index < -0.39 is 0 Å². The van der Waals surface area contributed by atoms with Gasteiger partial charge in [0.2, 0.25) is 0 Å². The molecule has 24 heavy (non-hydrogen) atoms. The number of hydrogen-bond acceptors (Lipinski definition) is 2. The second kappa shape index (κ2) is 8.46. The van der Waals surface area contributed by atoms with E-state index >= 15 is 0 Å². The van der Waals surface area contributed by atoms with Gasteiger partial charge in [-0.3, -0.25) is 9.69 Å². The summed E-state index contributed by atoms with van der Waals surface area (Å²) in [7, 11) is 0.